The van der Waals surface area contributed by atoms with E-state index in [4.69, 9.17) is 4.42 Å². The third-order valence-corrected chi connectivity index (χ3v) is 4.05. The topological polar surface area (TPSA) is 25.2 Å². The average Bonchev–Trinajstić information content (AvgIpc) is 3.10. The van der Waals surface area contributed by atoms with Crippen LogP contribution < -0.4 is 5.32 Å². The molecule has 96 valence electrons. The van der Waals surface area contributed by atoms with Gasteiger partial charge in [-0.2, -0.15) is 0 Å². The minimum absolute atomic E-state index is 0.405. The molecule has 1 aliphatic rings. The van der Waals surface area contributed by atoms with Crippen LogP contribution in [0.5, 0.6) is 0 Å². The zero-order valence-electron chi connectivity index (χ0n) is 11.4. The van der Waals surface area contributed by atoms with Gasteiger partial charge in [0.05, 0.1) is 6.04 Å². The Morgan fingerprint density at radius 2 is 2.11 bits per heavy atom. The molecule has 2 heteroatoms. The zero-order chi connectivity index (χ0) is 12.7. The number of furan rings is 1. The molecule has 0 spiro atoms. The summed E-state index contributed by atoms with van der Waals surface area (Å²) in [6.07, 6.45) is 2.65. The lowest BCUT2D eigenvalue weighted by Crippen LogP contribution is -2.21. The SMILES string of the molecule is CCNC(c1cc2ccc(C)c(C)c2o1)C1CC1. The molecule has 1 aromatic carbocycles. The van der Waals surface area contributed by atoms with Crippen molar-refractivity contribution in [3.63, 3.8) is 0 Å². The molecule has 1 saturated carbocycles. The first kappa shape index (κ1) is 11.8. The second-order valence-electron chi connectivity index (χ2n) is 5.45. The molecule has 0 bridgehead atoms. The molecule has 0 saturated heterocycles. The van der Waals surface area contributed by atoms with Crippen LogP contribution in [0, 0.1) is 19.8 Å². The van der Waals surface area contributed by atoms with Crippen LogP contribution in [-0.2, 0) is 0 Å². The molecule has 1 heterocycles. The number of hydrogen-bond donors (Lipinski definition) is 1. The summed E-state index contributed by atoms with van der Waals surface area (Å²) in [4.78, 5) is 0. The Hall–Kier alpha value is -1.28. The molecule has 1 atom stereocenters. The van der Waals surface area contributed by atoms with Gasteiger partial charge >= 0.3 is 0 Å². The van der Waals surface area contributed by atoms with Gasteiger partial charge in [-0.1, -0.05) is 19.1 Å². The summed E-state index contributed by atoms with van der Waals surface area (Å²) in [5.41, 5.74) is 3.63. The summed E-state index contributed by atoms with van der Waals surface area (Å²) < 4.78 is 6.13. The fourth-order valence-electron chi connectivity index (χ4n) is 2.66. The van der Waals surface area contributed by atoms with Crippen LogP contribution in [0.4, 0.5) is 0 Å². The molecule has 2 nitrogen and oxygen atoms in total. The maximum Gasteiger partial charge on any atom is 0.137 e. The third kappa shape index (κ3) is 1.95. The summed E-state index contributed by atoms with van der Waals surface area (Å²) in [6, 6.07) is 6.96. The molecule has 0 amide bonds. The minimum Gasteiger partial charge on any atom is -0.459 e. The van der Waals surface area contributed by atoms with Gasteiger partial charge in [0.1, 0.15) is 11.3 Å². The Morgan fingerprint density at radius 1 is 1.33 bits per heavy atom. The van der Waals surface area contributed by atoms with Crippen LogP contribution in [0.3, 0.4) is 0 Å². The number of fused-ring (bicyclic) bond motifs is 1. The summed E-state index contributed by atoms with van der Waals surface area (Å²) in [7, 11) is 0. The third-order valence-electron chi connectivity index (χ3n) is 4.05. The summed E-state index contributed by atoms with van der Waals surface area (Å²) in [5, 5.41) is 4.80. The molecule has 1 N–H and O–H groups in total. The molecule has 3 rings (SSSR count). The molecular weight excluding hydrogens is 222 g/mol. The molecule has 1 aliphatic carbocycles. The normalized spacial score (nSPS) is 17.3. The van der Waals surface area contributed by atoms with E-state index in [1.54, 1.807) is 0 Å². The van der Waals surface area contributed by atoms with Crippen molar-refractivity contribution < 1.29 is 4.42 Å². The van der Waals surface area contributed by atoms with Gasteiger partial charge in [-0.3, -0.25) is 0 Å². The lowest BCUT2D eigenvalue weighted by molar-refractivity contribution is 0.403. The Morgan fingerprint density at radius 3 is 2.78 bits per heavy atom. The van der Waals surface area contributed by atoms with Crippen LogP contribution in [0.15, 0.2) is 22.6 Å². The number of nitrogens with one attached hydrogen (secondary N) is 1. The lowest BCUT2D eigenvalue weighted by Gasteiger charge is -2.13. The summed E-state index contributed by atoms with van der Waals surface area (Å²) in [5.74, 6) is 1.88. The second-order valence-corrected chi connectivity index (χ2v) is 5.45. The minimum atomic E-state index is 0.405. The Labute approximate surface area is 108 Å². The molecule has 2 aromatic rings. The lowest BCUT2D eigenvalue weighted by atomic mass is 10.1. The first-order valence-electron chi connectivity index (χ1n) is 6.93. The van der Waals surface area contributed by atoms with Gasteiger partial charge in [0.25, 0.3) is 0 Å². The van der Waals surface area contributed by atoms with E-state index in [0.29, 0.717) is 6.04 Å². The molecule has 0 aliphatic heterocycles. The van der Waals surface area contributed by atoms with Gasteiger partial charge in [-0.05, 0) is 56.3 Å². The predicted octanol–water partition coefficient (Wildman–Crippen LogP) is 4.11. The van der Waals surface area contributed by atoms with Gasteiger partial charge in [-0.25, -0.2) is 0 Å². The highest BCUT2D eigenvalue weighted by molar-refractivity contribution is 5.82. The van der Waals surface area contributed by atoms with Crippen molar-refractivity contribution in [3.8, 4) is 0 Å². The van der Waals surface area contributed by atoms with Crippen molar-refractivity contribution in [2.45, 2.75) is 39.7 Å². The van der Waals surface area contributed by atoms with E-state index < -0.39 is 0 Å². The fraction of sp³-hybridized carbons (Fsp3) is 0.500. The van der Waals surface area contributed by atoms with Crippen molar-refractivity contribution in [1.29, 1.82) is 0 Å². The highest BCUT2D eigenvalue weighted by Crippen LogP contribution is 2.42. The van der Waals surface area contributed by atoms with Crippen LogP contribution >= 0.6 is 0 Å². The van der Waals surface area contributed by atoms with Crippen LogP contribution in [-0.4, -0.2) is 6.54 Å². The zero-order valence-corrected chi connectivity index (χ0v) is 11.4. The molecule has 0 radical (unpaired) electrons. The van der Waals surface area contributed by atoms with Crippen molar-refractivity contribution >= 4 is 11.0 Å². The van der Waals surface area contributed by atoms with Crippen LogP contribution in [0.25, 0.3) is 11.0 Å². The van der Waals surface area contributed by atoms with Crippen molar-refractivity contribution in [2.75, 3.05) is 6.54 Å². The van der Waals surface area contributed by atoms with E-state index in [1.807, 2.05) is 0 Å². The highest BCUT2D eigenvalue weighted by atomic mass is 16.3. The average molecular weight is 243 g/mol. The van der Waals surface area contributed by atoms with Crippen molar-refractivity contribution in [3.05, 3.63) is 35.1 Å². The molecular formula is C16H21NO. The second kappa shape index (κ2) is 4.43. The predicted molar refractivity (Wildman–Crippen MR) is 74.8 cm³/mol. The standard InChI is InChI=1S/C16H21NO/c1-4-17-15(12-7-8-12)14-9-13-6-5-10(2)11(3)16(13)18-14/h5-6,9,12,15,17H,4,7-8H2,1-3H3. The van der Waals surface area contributed by atoms with E-state index in [-0.39, 0.29) is 0 Å². The largest absolute Gasteiger partial charge is 0.459 e. The van der Waals surface area contributed by atoms with Crippen molar-refractivity contribution in [1.82, 2.24) is 5.32 Å². The summed E-state index contributed by atoms with van der Waals surface area (Å²) in [6.45, 7) is 7.44. The smallest absolute Gasteiger partial charge is 0.137 e. The monoisotopic (exact) mass is 243 g/mol. The maximum atomic E-state index is 6.13. The molecule has 1 fully saturated rings. The van der Waals surface area contributed by atoms with E-state index >= 15 is 0 Å². The van der Waals surface area contributed by atoms with Gasteiger partial charge in [-0.15, -0.1) is 0 Å². The molecule has 1 unspecified atom stereocenters. The Balaban J connectivity index is 2.04. The first-order valence-corrected chi connectivity index (χ1v) is 6.93. The van der Waals surface area contributed by atoms with Gasteiger partial charge in [0.15, 0.2) is 0 Å². The Kier molecular flexibility index (Phi) is 2.90. The molecule has 18 heavy (non-hydrogen) atoms. The van der Waals surface area contributed by atoms with E-state index in [9.17, 15) is 0 Å². The first-order chi connectivity index (χ1) is 8.70. The van der Waals surface area contributed by atoms with Gasteiger partial charge < -0.3 is 9.73 Å². The number of rotatable bonds is 4. The van der Waals surface area contributed by atoms with Gasteiger partial charge in [0, 0.05) is 5.39 Å². The summed E-state index contributed by atoms with van der Waals surface area (Å²) >= 11 is 0. The highest BCUT2D eigenvalue weighted by Gasteiger charge is 2.33. The van der Waals surface area contributed by atoms with Crippen LogP contribution in [0.1, 0.15) is 42.7 Å². The number of benzene rings is 1. The van der Waals surface area contributed by atoms with E-state index in [2.05, 4.69) is 44.3 Å². The van der Waals surface area contributed by atoms with E-state index in [1.165, 1.54) is 29.4 Å². The van der Waals surface area contributed by atoms with Crippen molar-refractivity contribution in [2.24, 2.45) is 5.92 Å². The quantitative estimate of drug-likeness (QED) is 0.874. The van der Waals surface area contributed by atoms with Gasteiger partial charge in [0.2, 0.25) is 0 Å². The van der Waals surface area contributed by atoms with E-state index in [0.717, 1.165) is 23.8 Å². The number of hydrogen-bond acceptors (Lipinski definition) is 2. The maximum absolute atomic E-state index is 6.13. The van der Waals surface area contributed by atoms with Crippen LogP contribution in [0.2, 0.25) is 0 Å². The number of aryl methyl sites for hydroxylation is 2. The fourth-order valence-corrected chi connectivity index (χ4v) is 2.66. The Bertz CT molecular complexity index is 566. The molecule has 1 aromatic heterocycles.